The molecule has 2 N–H and O–H groups in total. The summed E-state index contributed by atoms with van der Waals surface area (Å²) in [7, 11) is 0. The molecule has 0 spiro atoms. The first kappa shape index (κ1) is 17.3. The number of ether oxygens (including phenoxy) is 1. The number of amides is 1. The van der Waals surface area contributed by atoms with Crippen LogP contribution in [0.15, 0.2) is 30.3 Å². The molecule has 0 aliphatic heterocycles. The van der Waals surface area contributed by atoms with E-state index in [1.54, 1.807) is 0 Å². The molecule has 3 rings (SSSR count). The van der Waals surface area contributed by atoms with E-state index in [0.717, 1.165) is 24.9 Å². The van der Waals surface area contributed by atoms with Crippen LogP contribution in [-0.2, 0) is 11.3 Å². The number of benzene rings is 1. The molecule has 24 heavy (non-hydrogen) atoms. The summed E-state index contributed by atoms with van der Waals surface area (Å²) in [5.74, 6) is 0. The Morgan fingerprint density at radius 3 is 2.54 bits per heavy atom. The Hall–Kier alpha value is -1.55. The van der Waals surface area contributed by atoms with E-state index < -0.39 is 0 Å². The van der Waals surface area contributed by atoms with Crippen LogP contribution in [0.4, 0.5) is 4.79 Å². The third-order valence-corrected chi connectivity index (χ3v) is 5.85. The van der Waals surface area contributed by atoms with Crippen LogP contribution in [0.5, 0.6) is 0 Å². The van der Waals surface area contributed by atoms with E-state index in [1.807, 2.05) is 30.3 Å². The Morgan fingerprint density at radius 2 is 1.88 bits per heavy atom. The number of carbonyl (C=O) groups is 1. The minimum absolute atomic E-state index is 0.256. The SMILES string of the molecule is CCC1(CNC2CC(NC(=O)OCc3ccccc3)C2)CCCC1. The highest BCUT2D eigenvalue weighted by atomic mass is 16.5. The van der Waals surface area contributed by atoms with Crippen molar-refractivity contribution in [2.45, 2.75) is 70.6 Å². The van der Waals surface area contributed by atoms with E-state index in [-0.39, 0.29) is 12.1 Å². The zero-order chi connectivity index (χ0) is 16.8. The Bertz CT molecular complexity index is 520. The van der Waals surface area contributed by atoms with Crippen LogP contribution in [0, 0.1) is 5.41 Å². The first-order valence-electron chi connectivity index (χ1n) is 9.40. The molecule has 0 bridgehead atoms. The molecule has 0 aromatic heterocycles. The highest BCUT2D eigenvalue weighted by Crippen LogP contribution is 2.40. The summed E-state index contributed by atoms with van der Waals surface area (Å²) in [5.41, 5.74) is 1.55. The number of alkyl carbamates (subject to hydrolysis) is 1. The molecule has 2 fully saturated rings. The van der Waals surface area contributed by atoms with Crippen molar-refractivity contribution in [3.05, 3.63) is 35.9 Å². The summed E-state index contributed by atoms with van der Waals surface area (Å²) in [5, 5.41) is 6.69. The van der Waals surface area contributed by atoms with Gasteiger partial charge in [-0.1, -0.05) is 50.1 Å². The lowest BCUT2D eigenvalue weighted by atomic mass is 9.81. The molecule has 4 heteroatoms. The molecular formula is C20H30N2O2. The maximum atomic E-state index is 11.8. The number of hydrogen-bond donors (Lipinski definition) is 2. The largest absolute Gasteiger partial charge is 0.445 e. The second-order valence-electron chi connectivity index (χ2n) is 7.51. The van der Waals surface area contributed by atoms with Crippen LogP contribution in [0.1, 0.15) is 57.4 Å². The van der Waals surface area contributed by atoms with Gasteiger partial charge in [-0.15, -0.1) is 0 Å². The number of carbonyl (C=O) groups excluding carboxylic acids is 1. The van der Waals surface area contributed by atoms with Gasteiger partial charge in [-0.3, -0.25) is 0 Å². The number of rotatable bonds is 7. The second-order valence-corrected chi connectivity index (χ2v) is 7.51. The molecule has 0 radical (unpaired) electrons. The van der Waals surface area contributed by atoms with E-state index in [9.17, 15) is 4.79 Å². The predicted octanol–water partition coefficient (Wildman–Crippen LogP) is 4.00. The molecule has 0 unspecified atom stereocenters. The van der Waals surface area contributed by atoms with Crippen molar-refractivity contribution in [2.75, 3.05) is 6.54 Å². The van der Waals surface area contributed by atoms with Gasteiger partial charge in [-0.2, -0.15) is 0 Å². The molecular weight excluding hydrogens is 300 g/mol. The topological polar surface area (TPSA) is 50.4 Å². The van der Waals surface area contributed by atoms with Gasteiger partial charge in [0.25, 0.3) is 0 Å². The van der Waals surface area contributed by atoms with Gasteiger partial charge in [0, 0.05) is 18.6 Å². The molecule has 0 heterocycles. The molecule has 4 nitrogen and oxygen atoms in total. The van der Waals surface area contributed by atoms with E-state index >= 15 is 0 Å². The van der Waals surface area contributed by atoms with Crippen molar-refractivity contribution in [1.29, 1.82) is 0 Å². The van der Waals surface area contributed by atoms with Crippen LogP contribution >= 0.6 is 0 Å². The maximum absolute atomic E-state index is 11.8. The molecule has 132 valence electrons. The van der Waals surface area contributed by atoms with Crippen molar-refractivity contribution in [2.24, 2.45) is 5.41 Å². The first-order chi connectivity index (χ1) is 11.7. The normalized spacial score (nSPS) is 25.0. The van der Waals surface area contributed by atoms with Crippen molar-refractivity contribution in [3.63, 3.8) is 0 Å². The zero-order valence-corrected chi connectivity index (χ0v) is 14.7. The Kier molecular flexibility index (Phi) is 5.77. The molecule has 2 saturated carbocycles. The summed E-state index contributed by atoms with van der Waals surface area (Å²) in [6, 6.07) is 10.6. The van der Waals surface area contributed by atoms with Gasteiger partial charge >= 0.3 is 6.09 Å². The minimum atomic E-state index is -0.303. The fraction of sp³-hybridized carbons (Fsp3) is 0.650. The first-order valence-corrected chi connectivity index (χ1v) is 9.40. The van der Waals surface area contributed by atoms with Crippen LogP contribution in [0.25, 0.3) is 0 Å². The fourth-order valence-corrected chi connectivity index (χ4v) is 3.97. The van der Waals surface area contributed by atoms with E-state index in [4.69, 9.17) is 4.74 Å². The molecule has 1 amide bonds. The summed E-state index contributed by atoms with van der Waals surface area (Å²) in [6.45, 7) is 3.79. The summed E-state index contributed by atoms with van der Waals surface area (Å²) < 4.78 is 5.27. The van der Waals surface area contributed by atoms with E-state index in [1.165, 1.54) is 32.1 Å². The molecule has 0 saturated heterocycles. The Morgan fingerprint density at radius 1 is 1.17 bits per heavy atom. The Balaban J connectivity index is 1.30. The summed E-state index contributed by atoms with van der Waals surface area (Å²) in [4.78, 5) is 11.8. The van der Waals surface area contributed by atoms with Crippen molar-refractivity contribution in [3.8, 4) is 0 Å². The smallest absolute Gasteiger partial charge is 0.407 e. The lowest BCUT2D eigenvalue weighted by Gasteiger charge is -2.39. The molecule has 1 aromatic carbocycles. The van der Waals surface area contributed by atoms with E-state index in [2.05, 4.69) is 17.6 Å². The monoisotopic (exact) mass is 330 g/mol. The molecule has 2 aliphatic rings. The van der Waals surface area contributed by atoms with Crippen LogP contribution in [-0.4, -0.2) is 24.7 Å². The van der Waals surface area contributed by atoms with Gasteiger partial charge in [0.15, 0.2) is 0 Å². The minimum Gasteiger partial charge on any atom is -0.445 e. The van der Waals surface area contributed by atoms with Gasteiger partial charge in [0.05, 0.1) is 0 Å². The van der Waals surface area contributed by atoms with Crippen molar-refractivity contribution < 1.29 is 9.53 Å². The lowest BCUT2D eigenvalue weighted by Crippen LogP contribution is -2.54. The third kappa shape index (κ3) is 4.50. The highest BCUT2D eigenvalue weighted by molar-refractivity contribution is 5.67. The molecule has 1 aromatic rings. The average Bonchev–Trinajstić information content (AvgIpc) is 3.05. The van der Waals surface area contributed by atoms with Crippen LogP contribution < -0.4 is 10.6 Å². The van der Waals surface area contributed by atoms with Gasteiger partial charge in [-0.25, -0.2) is 4.79 Å². The standard InChI is InChI=1S/C20H30N2O2/c1-2-20(10-6-7-11-20)15-21-17-12-18(13-17)22-19(23)24-14-16-8-4-3-5-9-16/h3-5,8-9,17-18,21H,2,6-7,10-15H2,1H3,(H,22,23). The van der Waals surface area contributed by atoms with E-state index in [0.29, 0.717) is 18.1 Å². The summed E-state index contributed by atoms with van der Waals surface area (Å²) in [6.07, 6.45) is 8.52. The van der Waals surface area contributed by atoms with Crippen molar-refractivity contribution >= 4 is 6.09 Å². The van der Waals surface area contributed by atoms with Crippen molar-refractivity contribution in [1.82, 2.24) is 10.6 Å². The zero-order valence-electron chi connectivity index (χ0n) is 14.7. The molecule has 2 aliphatic carbocycles. The number of nitrogens with one attached hydrogen (secondary N) is 2. The second kappa shape index (κ2) is 8.02. The Labute approximate surface area is 145 Å². The predicted molar refractivity (Wildman–Crippen MR) is 95.8 cm³/mol. The van der Waals surface area contributed by atoms with Crippen LogP contribution in [0.2, 0.25) is 0 Å². The van der Waals surface area contributed by atoms with Crippen LogP contribution in [0.3, 0.4) is 0 Å². The maximum Gasteiger partial charge on any atom is 0.407 e. The fourth-order valence-electron chi connectivity index (χ4n) is 3.97. The quantitative estimate of drug-likeness (QED) is 0.794. The van der Waals surface area contributed by atoms with Gasteiger partial charge < -0.3 is 15.4 Å². The summed E-state index contributed by atoms with van der Waals surface area (Å²) >= 11 is 0. The highest BCUT2D eigenvalue weighted by Gasteiger charge is 2.35. The molecule has 0 atom stereocenters. The van der Waals surface area contributed by atoms with Gasteiger partial charge in [-0.05, 0) is 43.1 Å². The lowest BCUT2D eigenvalue weighted by molar-refractivity contribution is 0.123. The average molecular weight is 330 g/mol. The number of hydrogen-bond acceptors (Lipinski definition) is 3. The third-order valence-electron chi connectivity index (χ3n) is 5.85. The van der Waals surface area contributed by atoms with Gasteiger partial charge in [0.1, 0.15) is 6.61 Å². The van der Waals surface area contributed by atoms with Gasteiger partial charge in [0.2, 0.25) is 0 Å².